The average Bonchev–Trinajstić information content (AvgIpc) is 2.66. The zero-order chi connectivity index (χ0) is 9.68. The van der Waals surface area contributed by atoms with Crippen LogP contribution in [0.4, 0.5) is 4.79 Å². The van der Waals surface area contributed by atoms with Crippen molar-refractivity contribution in [2.75, 3.05) is 13.2 Å². The second kappa shape index (κ2) is 4.64. The summed E-state index contributed by atoms with van der Waals surface area (Å²) in [5.41, 5.74) is 0. The molecule has 0 spiro atoms. The van der Waals surface area contributed by atoms with Crippen LogP contribution in [0.1, 0.15) is 0 Å². The quantitative estimate of drug-likeness (QED) is 0.685. The van der Waals surface area contributed by atoms with E-state index in [9.17, 15) is 4.79 Å². The fourth-order valence-corrected chi connectivity index (χ4v) is 0.792. The molecule has 1 heterocycles. The number of carbonyl (C=O) groups is 1. The molecule has 1 aromatic rings. The third-order valence-corrected chi connectivity index (χ3v) is 1.49. The Morgan fingerprint density at radius 2 is 1.85 bits per heavy atom. The van der Waals surface area contributed by atoms with Crippen molar-refractivity contribution in [2.45, 2.75) is 6.10 Å². The average molecular weight is 185 g/mol. The monoisotopic (exact) mass is 185 g/mol. The van der Waals surface area contributed by atoms with Gasteiger partial charge in [-0.05, 0) is 12.1 Å². The molecule has 5 nitrogen and oxygen atoms in total. The van der Waals surface area contributed by atoms with Crippen molar-refractivity contribution >= 4 is 6.09 Å². The predicted octanol–water partition coefficient (Wildman–Crippen LogP) is -0.174. The van der Waals surface area contributed by atoms with Crippen LogP contribution in [0, 0.1) is 0 Å². The highest BCUT2D eigenvalue weighted by molar-refractivity contribution is 5.70. The summed E-state index contributed by atoms with van der Waals surface area (Å²) < 4.78 is 5.94. The molecule has 5 heteroatoms. The number of aromatic nitrogens is 1. The van der Waals surface area contributed by atoms with Gasteiger partial charge >= 0.3 is 6.09 Å². The Kier molecular flexibility index (Phi) is 3.48. The summed E-state index contributed by atoms with van der Waals surface area (Å²) in [5, 5.41) is 17.3. The van der Waals surface area contributed by atoms with Gasteiger partial charge in [0.05, 0.1) is 13.2 Å². The molecule has 0 atom stereocenters. The first-order valence-electron chi connectivity index (χ1n) is 3.83. The molecule has 72 valence electrons. The summed E-state index contributed by atoms with van der Waals surface area (Å²) in [6, 6.07) is 3.35. The maximum atomic E-state index is 11.2. The predicted molar refractivity (Wildman–Crippen MR) is 44.3 cm³/mol. The van der Waals surface area contributed by atoms with Gasteiger partial charge in [-0.2, -0.15) is 0 Å². The minimum atomic E-state index is -0.852. The zero-order valence-corrected chi connectivity index (χ0v) is 6.96. The van der Waals surface area contributed by atoms with Crippen molar-refractivity contribution in [1.29, 1.82) is 0 Å². The highest BCUT2D eigenvalue weighted by atomic mass is 16.6. The summed E-state index contributed by atoms with van der Waals surface area (Å²) in [5.74, 6) is 0. The number of aliphatic hydroxyl groups excluding tert-OH is 2. The largest absolute Gasteiger partial charge is 0.441 e. The molecule has 1 rings (SSSR count). The van der Waals surface area contributed by atoms with Gasteiger partial charge < -0.3 is 14.9 Å². The van der Waals surface area contributed by atoms with Crippen LogP contribution in [0.2, 0.25) is 0 Å². The van der Waals surface area contributed by atoms with E-state index in [0.717, 1.165) is 0 Å². The van der Waals surface area contributed by atoms with Crippen LogP contribution in [0.3, 0.4) is 0 Å². The van der Waals surface area contributed by atoms with E-state index >= 15 is 0 Å². The van der Waals surface area contributed by atoms with Crippen molar-refractivity contribution in [3.63, 3.8) is 0 Å². The lowest BCUT2D eigenvalue weighted by atomic mass is 10.4. The van der Waals surface area contributed by atoms with E-state index in [1.165, 1.54) is 17.0 Å². The van der Waals surface area contributed by atoms with Crippen LogP contribution in [-0.2, 0) is 4.74 Å². The molecule has 0 fully saturated rings. The fraction of sp³-hybridized carbons (Fsp3) is 0.375. The van der Waals surface area contributed by atoms with Crippen molar-refractivity contribution in [2.24, 2.45) is 0 Å². The van der Waals surface area contributed by atoms with Crippen LogP contribution in [0.15, 0.2) is 24.5 Å². The molecule has 0 saturated carbocycles. The second-order valence-corrected chi connectivity index (χ2v) is 2.46. The molecular weight excluding hydrogens is 174 g/mol. The van der Waals surface area contributed by atoms with Crippen LogP contribution in [0.5, 0.6) is 0 Å². The lowest BCUT2D eigenvalue weighted by molar-refractivity contribution is 0.0229. The third kappa shape index (κ3) is 2.57. The van der Waals surface area contributed by atoms with Crippen LogP contribution >= 0.6 is 0 Å². The Morgan fingerprint density at radius 3 is 2.31 bits per heavy atom. The molecule has 0 unspecified atom stereocenters. The first-order valence-corrected chi connectivity index (χ1v) is 3.83. The van der Waals surface area contributed by atoms with Gasteiger partial charge in [-0.3, -0.25) is 4.57 Å². The van der Waals surface area contributed by atoms with Gasteiger partial charge in [0.2, 0.25) is 0 Å². The third-order valence-electron chi connectivity index (χ3n) is 1.49. The lowest BCUT2D eigenvalue weighted by Gasteiger charge is -2.12. The molecule has 0 bridgehead atoms. The first kappa shape index (κ1) is 9.76. The van der Waals surface area contributed by atoms with Crippen molar-refractivity contribution in [3.8, 4) is 0 Å². The molecule has 0 amide bonds. The van der Waals surface area contributed by atoms with E-state index in [1.807, 2.05) is 0 Å². The number of rotatable bonds is 3. The number of nitrogens with zero attached hydrogens (tertiary/aromatic N) is 1. The maximum absolute atomic E-state index is 11.2. The molecule has 0 saturated heterocycles. The van der Waals surface area contributed by atoms with Gasteiger partial charge in [0.1, 0.15) is 6.10 Å². The van der Waals surface area contributed by atoms with Crippen molar-refractivity contribution in [1.82, 2.24) is 4.57 Å². The molecule has 0 aliphatic rings. The summed E-state index contributed by atoms with van der Waals surface area (Å²) in [6.07, 6.45) is 1.58. The van der Waals surface area contributed by atoms with Gasteiger partial charge in [-0.25, -0.2) is 4.79 Å². The fourth-order valence-electron chi connectivity index (χ4n) is 0.792. The van der Waals surface area contributed by atoms with E-state index in [2.05, 4.69) is 0 Å². The molecule has 0 aliphatic heterocycles. The molecule has 0 aliphatic carbocycles. The van der Waals surface area contributed by atoms with Gasteiger partial charge in [0.15, 0.2) is 0 Å². The Balaban J connectivity index is 2.50. The van der Waals surface area contributed by atoms with E-state index in [1.54, 1.807) is 12.1 Å². The number of ether oxygens (including phenoxy) is 1. The smallest absolute Gasteiger partial charge is 0.418 e. The second-order valence-electron chi connectivity index (χ2n) is 2.46. The molecule has 1 aromatic heterocycles. The SMILES string of the molecule is O=C(OC(CO)CO)n1cccc1. The minimum absolute atomic E-state index is 0.385. The molecule has 0 radical (unpaired) electrons. The first-order chi connectivity index (χ1) is 6.27. The van der Waals surface area contributed by atoms with Crippen LogP contribution in [-0.4, -0.2) is 40.2 Å². The summed E-state index contributed by atoms with van der Waals surface area (Å²) in [7, 11) is 0. The lowest BCUT2D eigenvalue weighted by Crippen LogP contribution is -2.27. The topological polar surface area (TPSA) is 71.7 Å². The van der Waals surface area contributed by atoms with Crippen LogP contribution < -0.4 is 0 Å². The van der Waals surface area contributed by atoms with Gasteiger partial charge in [0, 0.05) is 12.4 Å². The standard InChI is InChI=1S/C8H11NO4/c10-5-7(6-11)13-8(12)9-3-1-2-4-9/h1-4,7,10-11H,5-6H2. The number of hydrogen-bond acceptors (Lipinski definition) is 4. The van der Waals surface area contributed by atoms with Crippen molar-refractivity contribution in [3.05, 3.63) is 24.5 Å². The molecule has 13 heavy (non-hydrogen) atoms. The summed E-state index contributed by atoms with van der Waals surface area (Å²) in [6.45, 7) is -0.771. The number of carbonyl (C=O) groups excluding carboxylic acids is 1. The summed E-state index contributed by atoms with van der Waals surface area (Å²) in [4.78, 5) is 11.2. The van der Waals surface area contributed by atoms with Gasteiger partial charge in [-0.15, -0.1) is 0 Å². The Bertz CT molecular complexity index is 253. The molecular formula is C8H11NO4. The van der Waals surface area contributed by atoms with E-state index in [-0.39, 0.29) is 13.2 Å². The zero-order valence-electron chi connectivity index (χ0n) is 6.96. The van der Waals surface area contributed by atoms with Gasteiger partial charge in [-0.1, -0.05) is 0 Å². The highest BCUT2D eigenvalue weighted by Crippen LogP contribution is 1.97. The number of hydrogen-bond donors (Lipinski definition) is 2. The van der Waals surface area contributed by atoms with Crippen molar-refractivity contribution < 1.29 is 19.7 Å². The van der Waals surface area contributed by atoms with E-state index in [0.29, 0.717) is 0 Å². The maximum Gasteiger partial charge on any atom is 0.418 e. The van der Waals surface area contributed by atoms with Crippen LogP contribution in [0.25, 0.3) is 0 Å². The Hall–Kier alpha value is -1.33. The van der Waals surface area contributed by atoms with E-state index < -0.39 is 12.2 Å². The highest BCUT2D eigenvalue weighted by Gasteiger charge is 2.12. The summed E-state index contributed by atoms with van der Waals surface area (Å²) >= 11 is 0. The Morgan fingerprint density at radius 1 is 1.31 bits per heavy atom. The molecule has 2 N–H and O–H groups in total. The number of aliphatic hydroxyl groups is 2. The minimum Gasteiger partial charge on any atom is -0.441 e. The van der Waals surface area contributed by atoms with Gasteiger partial charge in [0.25, 0.3) is 0 Å². The normalized spacial score (nSPS) is 10.4. The van der Waals surface area contributed by atoms with E-state index in [4.69, 9.17) is 14.9 Å². The molecule has 0 aromatic carbocycles. The Labute approximate surface area is 75.2 Å².